The van der Waals surface area contributed by atoms with Crippen LogP contribution in [0.25, 0.3) is 0 Å². The highest BCUT2D eigenvalue weighted by atomic mass is 32.2. The highest BCUT2D eigenvalue weighted by molar-refractivity contribution is 8.00. The van der Waals surface area contributed by atoms with Crippen LogP contribution in [0.2, 0.25) is 0 Å². The highest BCUT2D eigenvalue weighted by Gasteiger charge is 2.49. The zero-order valence-electron chi connectivity index (χ0n) is 23.9. The monoisotopic (exact) mass is 552 g/mol. The molecular weight excluding hydrogens is 500 g/mol. The van der Waals surface area contributed by atoms with Crippen LogP contribution in [0.4, 0.5) is 0 Å². The maximum Gasteiger partial charge on any atom is 0.305 e. The van der Waals surface area contributed by atoms with Gasteiger partial charge in [0.2, 0.25) is 0 Å². The summed E-state index contributed by atoms with van der Waals surface area (Å²) in [5.41, 5.74) is 0. The summed E-state index contributed by atoms with van der Waals surface area (Å²) < 4.78 is 29.9. The van der Waals surface area contributed by atoms with Gasteiger partial charge in [-0.15, -0.1) is 0 Å². The molecule has 0 aromatic carbocycles. The molecule has 218 valence electrons. The SMILES string of the molecule is CCCCC[C@@H](/C=C/[C@@H]1[C@H]2CC(CCCCC(=O)OC)S[C@@H]2C[C@H]1OC1CCCCO1)OC1CCCCO1. The van der Waals surface area contributed by atoms with Crippen LogP contribution in [0.3, 0.4) is 0 Å². The predicted molar refractivity (Wildman–Crippen MR) is 152 cm³/mol. The Balaban J connectivity index is 1.37. The fraction of sp³-hybridized carbons (Fsp3) is 0.903. The molecule has 4 fully saturated rings. The van der Waals surface area contributed by atoms with Crippen molar-refractivity contribution in [1.29, 1.82) is 0 Å². The van der Waals surface area contributed by atoms with Crippen LogP contribution in [0.5, 0.6) is 0 Å². The number of thioether (sulfide) groups is 1. The molecular formula is C31H52O6S. The quantitative estimate of drug-likeness (QED) is 0.121. The van der Waals surface area contributed by atoms with Crippen molar-refractivity contribution in [2.24, 2.45) is 11.8 Å². The zero-order chi connectivity index (χ0) is 26.6. The largest absolute Gasteiger partial charge is 0.469 e. The Kier molecular flexibility index (Phi) is 13.3. The maximum absolute atomic E-state index is 11.5. The van der Waals surface area contributed by atoms with Crippen molar-refractivity contribution in [3.63, 3.8) is 0 Å². The Labute approximate surface area is 235 Å². The molecule has 3 aliphatic heterocycles. The smallest absolute Gasteiger partial charge is 0.305 e. The third-order valence-electron chi connectivity index (χ3n) is 8.72. The van der Waals surface area contributed by atoms with Crippen molar-refractivity contribution in [3.05, 3.63) is 12.2 Å². The number of unbranched alkanes of at least 4 members (excludes halogenated alkanes) is 3. The van der Waals surface area contributed by atoms with Gasteiger partial charge in [0, 0.05) is 36.1 Å². The Bertz CT molecular complexity index is 704. The molecule has 8 atom stereocenters. The van der Waals surface area contributed by atoms with Gasteiger partial charge in [-0.3, -0.25) is 4.79 Å². The molecule has 0 amide bonds. The Hall–Kier alpha value is -0.600. The molecule has 38 heavy (non-hydrogen) atoms. The molecule has 4 aliphatic rings. The van der Waals surface area contributed by atoms with Gasteiger partial charge in [0.05, 0.1) is 19.3 Å². The average molecular weight is 553 g/mol. The van der Waals surface area contributed by atoms with Gasteiger partial charge in [0.15, 0.2) is 12.6 Å². The van der Waals surface area contributed by atoms with E-state index in [0.717, 1.165) is 64.6 Å². The van der Waals surface area contributed by atoms with Gasteiger partial charge in [-0.2, -0.15) is 11.8 Å². The first-order valence-electron chi connectivity index (χ1n) is 15.6. The summed E-state index contributed by atoms with van der Waals surface area (Å²) >= 11 is 2.17. The van der Waals surface area contributed by atoms with E-state index >= 15 is 0 Å². The first-order valence-corrected chi connectivity index (χ1v) is 16.5. The molecule has 0 N–H and O–H groups in total. The lowest BCUT2D eigenvalue weighted by Crippen LogP contribution is -2.31. The number of hydrogen-bond donors (Lipinski definition) is 0. The number of hydrogen-bond acceptors (Lipinski definition) is 7. The lowest BCUT2D eigenvalue weighted by molar-refractivity contribution is -0.192. The van der Waals surface area contributed by atoms with Crippen LogP contribution in [-0.4, -0.2) is 61.6 Å². The van der Waals surface area contributed by atoms with Gasteiger partial charge < -0.3 is 23.7 Å². The van der Waals surface area contributed by atoms with Gasteiger partial charge in [-0.25, -0.2) is 0 Å². The molecule has 0 aromatic heterocycles. The summed E-state index contributed by atoms with van der Waals surface area (Å²) in [5, 5.41) is 1.32. The van der Waals surface area contributed by atoms with E-state index in [-0.39, 0.29) is 30.8 Å². The fourth-order valence-corrected chi connectivity index (χ4v) is 8.51. The summed E-state index contributed by atoms with van der Waals surface area (Å²) in [5.74, 6) is 0.950. The molecule has 0 bridgehead atoms. The van der Waals surface area contributed by atoms with Crippen LogP contribution in [-0.2, 0) is 28.5 Å². The Morgan fingerprint density at radius 2 is 1.79 bits per heavy atom. The number of ether oxygens (including phenoxy) is 5. The van der Waals surface area contributed by atoms with Crippen molar-refractivity contribution in [1.82, 2.24) is 0 Å². The lowest BCUT2D eigenvalue weighted by atomic mass is 9.88. The summed E-state index contributed by atoms with van der Waals surface area (Å²) in [4.78, 5) is 11.5. The average Bonchev–Trinajstić information content (AvgIpc) is 3.47. The van der Waals surface area contributed by atoms with Gasteiger partial charge >= 0.3 is 5.97 Å². The molecule has 1 saturated carbocycles. The van der Waals surface area contributed by atoms with E-state index < -0.39 is 0 Å². The highest BCUT2D eigenvalue weighted by Crippen LogP contribution is 2.53. The maximum atomic E-state index is 11.5. The summed E-state index contributed by atoms with van der Waals surface area (Å²) in [6.07, 6.45) is 22.5. The van der Waals surface area contributed by atoms with Crippen molar-refractivity contribution in [2.75, 3.05) is 20.3 Å². The molecule has 7 heteroatoms. The number of carbonyl (C=O) groups is 1. The zero-order valence-corrected chi connectivity index (χ0v) is 24.7. The van der Waals surface area contributed by atoms with Gasteiger partial charge in [-0.05, 0) is 76.5 Å². The number of methoxy groups -OCH3 is 1. The second-order valence-electron chi connectivity index (χ2n) is 11.7. The molecule has 0 aromatic rings. The minimum atomic E-state index is -0.0922. The summed E-state index contributed by atoms with van der Waals surface area (Å²) in [6, 6.07) is 0. The van der Waals surface area contributed by atoms with E-state index in [2.05, 4.69) is 30.8 Å². The Morgan fingerprint density at radius 1 is 1.00 bits per heavy atom. The first kappa shape index (κ1) is 30.4. The molecule has 3 saturated heterocycles. The van der Waals surface area contributed by atoms with Gasteiger partial charge in [-0.1, -0.05) is 44.8 Å². The van der Waals surface area contributed by atoms with Crippen LogP contribution < -0.4 is 0 Å². The van der Waals surface area contributed by atoms with Crippen LogP contribution in [0, 0.1) is 11.8 Å². The molecule has 3 heterocycles. The normalized spacial score (nSPS) is 34.4. The third kappa shape index (κ3) is 9.50. The first-order chi connectivity index (χ1) is 18.7. The molecule has 3 unspecified atom stereocenters. The minimum Gasteiger partial charge on any atom is -0.469 e. The summed E-state index contributed by atoms with van der Waals surface area (Å²) in [7, 11) is 1.47. The molecule has 0 spiro atoms. The molecule has 6 nitrogen and oxygen atoms in total. The van der Waals surface area contributed by atoms with Gasteiger partial charge in [0.25, 0.3) is 0 Å². The fourth-order valence-electron chi connectivity index (χ4n) is 6.58. The molecule has 1 aliphatic carbocycles. The van der Waals surface area contributed by atoms with E-state index in [1.807, 2.05) is 0 Å². The number of esters is 1. The Morgan fingerprint density at radius 3 is 2.50 bits per heavy atom. The topological polar surface area (TPSA) is 63.2 Å². The van der Waals surface area contributed by atoms with E-state index in [0.29, 0.717) is 28.8 Å². The number of carbonyl (C=O) groups excluding carboxylic acids is 1. The lowest BCUT2D eigenvalue weighted by Gasteiger charge is -2.30. The van der Waals surface area contributed by atoms with E-state index in [4.69, 9.17) is 23.7 Å². The van der Waals surface area contributed by atoms with Crippen LogP contribution >= 0.6 is 11.8 Å². The standard InChI is InChI=1S/C31H52O6S/c1-3-4-5-12-23(36-30-15-8-10-19-34-30)17-18-25-26-21-24(13-6-7-14-29(32)33-2)38-28(26)22-27(25)37-31-16-9-11-20-35-31/h17-18,23-28,30-31H,3-16,19-22H2,1-2H3/b18-17+/t23-,24?,25+,26+,27+,28+,30?,31?/m0/s1. The van der Waals surface area contributed by atoms with E-state index in [1.54, 1.807) is 0 Å². The minimum absolute atomic E-state index is 0.0464. The predicted octanol–water partition coefficient (Wildman–Crippen LogP) is 7.19. The third-order valence-corrected chi connectivity index (χ3v) is 10.4. The summed E-state index contributed by atoms with van der Waals surface area (Å²) in [6.45, 7) is 3.90. The molecule has 4 rings (SSSR count). The van der Waals surface area contributed by atoms with Crippen molar-refractivity contribution in [2.45, 2.75) is 145 Å². The number of rotatable bonds is 15. The van der Waals surface area contributed by atoms with Crippen molar-refractivity contribution in [3.8, 4) is 0 Å². The number of fused-ring (bicyclic) bond motifs is 1. The molecule has 0 radical (unpaired) electrons. The van der Waals surface area contributed by atoms with E-state index in [9.17, 15) is 4.79 Å². The van der Waals surface area contributed by atoms with Crippen LogP contribution in [0.15, 0.2) is 12.2 Å². The van der Waals surface area contributed by atoms with Crippen LogP contribution in [0.1, 0.15) is 110 Å². The van der Waals surface area contributed by atoms with Crippen molar-refractivity contribution >= 4 is 17.7 Å². The second kappa shape index (κ2) is 16.6. The second-order valence-corrected chi connectivity index (χ2v) is 13.2. The van der Waals surface area contributed by atoms with Gasteiger partial charge in [0.1, 0.15) is 0 Å². The van der Waals surface area contributed by atoms with E-state index in [1.165, 1.54) is 52.1 Å². The van der Waals surface area contributed by atoms with Crippen molar-refractivity contribution < 1.29 is 28.5 Å².